The number of H-pyrrole nitrogens is 1. The Balaban J connectivity index is 1.43. The number of ether oxygens (including phenoxy) is 1. The quantitative estimate of drug-likeness (QED) is 0.326. The van der Waals surface area contributed by atoms with Crippen molar-refractivity contribution >= 4 is 16.9 Å². The highest BCUT2D eigenvalue weighted by atomic mass is 16.5. The van der Waals surface area contributed by atoms with Gasteiger partial charge in [-0.15, -0.1) is 0 Å². The zero-order valence-electron chi connectivity index (χ0n) is 16.0. The average Bonchev–Trinajstić information content (AvgIpc) is 3.13. The second-order valence-corrected chi connectivity index (χ2v) is 6.22. The first-order chi connectivity index (χ1) is 13.3. The smallest absolute Gasteiger partial charge is 0.191 e. The van der Waals surface area contributed by atoms with E-state index in [4.69, 9.17) is 4.74 Å². The van der Waals surface area contributed by atoms with Crippen LogP contribution in [0.3, 0.4) is 0 Å². The van der Waals surface area contributed by atoms with Crippen molar-refractivity contribution in [3.63, 3.8) is 0 Å². The number of guanidine groups is 1. The van der Waals surface area contributed by atoms with Crippen molar-refractivity contribution in [1.82, 2.24) is 20.6 Å². The Labute approximate surface area is 160 Å². The predicted molar refractivity (Wildman–Crippen MR) is 110 cm³/mol. The van der Waals surface area contributed by atoms with Gasteiger partial charge in [0.2, 0.25) is 0 Å². The van der Waals surface area contributed by atoms with E-state index in [2.05, 4.69) is 56.9 Å². The van der Waals surface area contributed by atoms with Crippen molar-refractivity contribution in [2.45, 2.75) is 19.8 Å². The molecule has 0 atom stereocenters. The molecule has 3 rings (SSSR count). The maximum absolute atomic E-state index is 5.62. The van der Waals surface area contributed by atoms with Gasteiger partial charge in [-0.1, -0.05) is 25.1 Å². The number of nitrogens with one attached hydrogen (secondary N) is 3. The van der Waals surface area contributed by atoms with E-state index in [-0.39, 0.29) is 0 Å². The molecule has 2 aromatic heterocycles. The van der Waals surface area contributed by atoms with Crippen LogP contribution in [-0.2, 0) is 12.8 Å². The van der Waals surface area contributed by atoms with E-state index >= 15 is 0 Å². The van der Waals surface area contributed by atoms with E-state index in [9.17, 15) is 0 Å². The summed E-state index contributed by atoms with van der Waals surface area (Å²) in [6.45, 7) is 4.22. The Kier molecular flexibility index (Phi) is 6.68. The van der Waals surface area contributed by atoms with Crippen LogP contribution in [0.15, 0.2) is 53.9 Å². The molecular weight excluding hydrogens is 338 g/mol. The molecule has 142 valence electrons. The second-order valence-electron chi connectivity index (χ2n) is 6.22. The van der Waals surface area contributed by atoms with E-state index in [0.29, 0.717) is 13.2 Å². The minimum Gasteiger partial charge on any atom is -0.490 e. The minimum atomic E-state index is 0.550. The van der Waals surface area contributed by atoms with Gasteiger partial charge in [0, 0.05) is 36.9 Å². The highest BCUT2D eigenvalue weighted by Crippen LogP contribution is 2.22. The number of pyridine rings is 1. The summed E-state index contributed by atoms with van der Waals surface area (Å²) in [5.41, 5.74) is 3.94. The Morgan fingerprint density at radius 2 is 2.04 bits per heavy atom. The summed E-state index contributed by atoms with van der Waals surface area (Å²) in [5.74, 6) is 1.55. The number of aromatic amines is 1. The number of fused-ring (bicyclic) bond motifs is 1. The van der Waals surface area contributed by atoms with Gasteiger partial charge in [-0.2, -0.15) is 0 Å². The average molecular weight is 365 g/mol. The van der Waals surface area contributed by atoms with Gasteiger partial charge in [0.15, 0.2) is 5.96 Å². The van der Waals surface area contributed by atoms with Gasteiger partial charge in [-0.05, 0) is 36.1 Å². The molecule has 0 aliphatic carbocycles. The van der Waals surface area contributed by atoms with E-state index < -0.39 is 0 Å². The Morgan fingerprint density at radius 3 is 2.81 bits per heavy atom. The number of aromatic nitrogens is 2. The lowest BCUT2D eigenvalue weighted by Gasteiger charge is -2.12. The summed E-state index contributed by atoms with van der Waals surface area (Å²) in [7, 11) is 1.77. The molecule has 0 aliphatic rings. The summed E-state index contributed by atoms with van der Waals surface area (Å²) in [5, 5.41) is 7.93. The lowest BCUT2D eigenvalue weighted by Crippen LogP contribution is -2.40. The van der Waals surface area contributed by atoms with Gasteiger partial charge in [-0.3, -0.25) is 9.98 Å². The fourth-order valence-electron chi connectivity index (χ4n) is 3.08. The highest BCUT2D eigenvalue weighted by Gasteiger charge is 2.06. The number of benzene rings is 1. The summed E-state index contributed by atoms with van der Waals surface area (Å²) >= 11 is 0. The fraction of sp³-hybridized carbons (Fsp3) is 0.333. The summed E-state index contributed by atoms with van der Waals surface area (Å²) < 4.78 is 5.62. The first kappa shape index (κ1) is 18.8. The van der Waals surface area contributed by atoms with Crippen LogP contribution in [0.5, 0.6) is 5.75 Å². The van der Waals surface area contributed by atoms with Crippen LogP contribution in [0.2, 0.25) is 0 Å². The molecule has 3 aromatic rings. The Morgan fingerprint density at radius 1 is 1.15 bits per heavy atom. The lowest BCUT2D eigenvalue weighted by molar-refractivity contribution is 0.320. The van der Waals surface area contributed by atoms with Gasteiger partial charge in [0.1, 0.15) is 12.4 Å². The monoisotopic (exact) mass is 365 g/mol. The van der Waals surface area contributed by atoms with Crippen molar-refractivity contribution in [3.05, 3.63) is 60.0 Å². The standard InChI is InChI=1S/C21H27N5O/c1-3-16-6-4-8-19-17(14-26-20(16)19)9-11-24-21(22-2)25-12-13-27-18-7-5-10-23-15-18/h4-8,10,14-15,26H,3,9,11-13H2,1-2H3,(H2,22,24,25). The predicted octanol–water partition coefficient (Wildman–Crippen LogP) is 2.91. The van der Waals surface area contributed by atoms with Gasteiger partial charge in [-0.25, -0.2) is 0 Å². The number of rotatable bonds is 8. The number of aliphatic imine (C=N–C) groups is 1. The summed E-state index contributed by atoms with van der Waals surface area (Å²) in [4.78, 5) is 11.7. The van der Waals surface area contributed by atoms with Crippen LogP contribution in [0.25, 0.3) is 10.9 Å². The van der Waals surface area contributed by atoms with Crippen molar-refractivity contribution in [2.75, 3.05) is 26.7 Å². The van der Waals surface area contributed by atoms with Crippen molar-refractivity contribution in [3.8, 4) is 5.75 Å². The van der Waals surface area contributed by atoms with E-state index in [1.54, 1.807) is 19.4 Å². The Hall–Kier alpha value is -3.02. The number of para-hydroxylation sites is 1. The van der Waals surface area contributed by atoms with E-state index in [1.807, 2.05) is 12.1 Å². The maximum Gasteiger partial charge on any atom is 0.191 e. The molecule has 0 bridgehead atoms. The topological polar surface area (TPSA) is 74.3 Å². The maximum atomic E-state index is 5.62. The molecule has 0 unspecified atom stereocenters. The van der Waals surface area contributed by atoms with Crippen molar-refractivity contribution in [1.29, 1.82) is 0 Å². The molecule has 0 amide bonds. The van der Waals surface area contributed by atoms with Gasteiger partial charge in [0.25, 0.3) is 0 Å². The first-order valence-electron chi connectivity index (χ1n) is 9.37. The fourth-order valence-corrected chi connectivity index (χ4v) is 3.08. The molecule has 6 nitrogen and oxygen atoms in total. The lowest BCUT2D eigenvalue weighted by atomic mass is 10.1. The largest absolute Gasteiger partial charge is 0.490 e. The SMILES string of the molecule is CCc1cccc2c(CCNC(=NC)NCCOc3cccnc3)c[nH]c12. The third kappa shape index (κ3) is 5.00. The number of hydrogen-bond donors (Lipinski definition) is 3. The van der Waals surface area contributed by atoms with Crippen molar-refractivity contribution in [2.24, 2.45) is 4.99 Å². The van der Waals surface area contributed by atoms with E-state index in [1.165, 1.54) is 22.0 Å². The van der Waals surface area contributed by atoms with Crippen LogP contribution in [-0.4, -0.2) is 42.7 Å². The van der Waals surface area contributed by atoms with Crippen LogP contribution < -0.4 is 15.4 Å². The molecule has 1 aromatic carbocycles. The number of hydrogen-bond acceptors (Lipinski definition) is 3. The molecule has 0 saturated heterocycles. The van der Waals surface area contributed by atoms with E-state index in [0.717, 1.165) is 31.1 Å². The minimum absolute atomic E-state index is 0.550. The van der Waals surface area contributed by atoms with Crippen molar-refractivity contribution < 1.29 is 4.74 Å². The van der Waals surface area contributed by atoms with Crippen LogP contribution in [0.1, 0.15) is 18.1 Å². The second kappa shape index (κ2) is 9.62. The van der Waals surface area contributed by atoms with Gasteiger partial charge < -0.3 is 20.4 Å². The normalized spacial score (nSPS) is 11.6. The molecule has 3 N–H and O–H groups in total. The summed E-state index contributed by atoms with van der Waals surface area (Å²) in [6.07, 6.45) is 7.52. The first-order valence-corrected chi connectivity index (χ1v) is 9.37. The molecule has 0 radical (unpaired) electrons. The molecule has 6 heteroatoms. The molecule has 2 heterocycles. The van der Waals surface area contributed by atoms with Gasteiger partial charge >= 0.3 is 0 Å². The molecule has 27 heavy (non-hydrogen) atoms. The summed E-state index contributed by atoms with van der Waals surface area (Å²) in [6, 6.07) is 10.3. The number of nitrogens with zero attached hydrogens (tertiary/aromatic N) is 2. The zero-order chi connectivity index (χ0) is 18.9. The molecule has 0 saturated carbocycles. The van der Waals surface area contributed by atoms with Crippen LogP contribution in [0.4, 0.5) is 0 Å². The molecular formula is C21H27N5O. The third-order valence-electron chi connectivity index (χ3n) is 4.48. The molecule has 0 fully saturated rings. The number of aryl methyl sites for hydroxylation is 1. The molecule has 0 aliphatic heterocycles. The van der Waals surface area contributed by atoms with Gasteiger partial charge in [0.05, 0.1) is 12.7 Å². The third-order valence-corrected chi connectivity index (χ3v) is 4.48. The highest BCUT2D eigenvalue weighted by molar-refractivity contribution is 5.86. The van der Waals surface area contributed by atoms with Crippen LogP contribution >= 0.6 is 0 Å². The van der Waals surface area contributed by atoms with Crippen LogP contribution in [0, 0.1) is 0 Å². The molecule has 0 spiro atoms. The zero-order valence-corrected chi connectivity index (χ0v) is 16.0. The Bertz CT molecular complexity index is 873.